The second-order valence-electron chi connectivity index (χ2n) is 4.16. The maximum atomic E-state index is 5.65. The van der Waals surface area contributed by atoms with Crippen molar-refractivity contribution in [1.29, 1.82) is 0 Å². The lowest BCUT2D eigenvalue weighted by Crippen LogP contribution is -1.96. The van der Waals surface area contributed by atoms with Gasteiger partial charge in [0, 0.05) is 5.92 Å². The summed E-state index contributed by atoms with van der Waals surface area (Å²) in [6, 6.07) is 0. The highest BCUT2D eigenvalue weighted by Gasteiger charge is 2.15. The highest BCUT2D eigenvalue weighted by Crippen LogP contribution is 2.28. The number of rotatable bonds is 5. The Hall–Kier alpha value is -0.720. The van der Waals surface area contributed by atoms with E-state index in [0.29, 0.717) is 5.92 Å². The Morgan fingerprint density at radius 3 is 2.64 bits per heavy atom. The molecule has 0 N–H and O–H groups in total. The Balaban J connectivity index is 2.73. The van der Waals surface area contributed by atoms with Crippen molar-refractivity contribution in [2.24, 2.45) is 0 Å². The van der Waals surface area contributed by atoms with Gasteiger partial charge in [0.1, 0.15) is 5.76 Å². The van der Waals surface area contributed by atoms with E-state index in [4.69, 9.17) is 4.42 Å². The molecule has 1 unspecified atom stereocenters. The first kappa shape index (κ1) is 11.4. The Bertz CT molecular complexity index is 273. The monoisotopic (exact) mass is 194 g/mol. The molecule has 0 saturated carbocycles. The van der Waals surface area contributed by atoms with Crippen LogP contribution in [0.4, 0.5) is 0 Å². The average molecular weight is 194 g/mol. The van der Waals surface area contributed by atoms with Crippen molar-refractivity contribution in [1.82, 2.24) is 0 Å². The fourth-order valence-electron chi connectivity index (χ4n) is 2.00. The summed E-state index contributed by atoms with van der Waals surface area (Å²) in [6.45, 7) is 8.85. The van der Waals surface area contributed by atoms with E-state index < -0.39 is 0 Å². The van der Waals surface area contributed by atoms with Crippen LogP contribution >= 0.6 is 0 Å². The van der Waals surface area contributed by atoms with Crippen molar-refractivity contribution in [3.63, 3.8) is 0 Å². The fraction of sp³-hybridized carbons (Fsp3) is 0.692. The minimum atomic E-state index is 0.582. The van der Waals surface area contributed by atoms with Crippen LogP contribution in [0.1, 0.15) is 62.8 Å². The Kier molecular flexibility index (Phi) is 4.24. The summed E-state index contributed by atoms with van der Waals surface area (Å²) in [5, 5.41) is 0. The molecule has 0 bridgehead atoms. The molecule has 0 radical (unpaired) electrons. The van der Waals surface area contributed by atoms with Gasteiger partial charge in [-0.3, -0.25) is 0 Å². The summed E-state index contributed by atoms with van der Waals surface area (Å²) in [7, 11) is 0. The predicted octanol–water partition coefficient (Wildman–Crippen LogP) is 4.44. The van der Waals surface area contributed by atoms with Crippen LogP contribution in [0, 0.1) is 6.92 Å². The highest BCUT2D eigenvalue weighted by molar-refractivity contribution is 5.28. The van der Waals surface area contributed by atoms with E-state index in [9.17, 15) is 0 Å². The summed E-state index contributed by atoms with van der Waals surface area (Å²) >= 11 is 0. The molecule has 0 saturated heterocycles. The molecule has 1 nitrogen and oxygen atoms in total. The molecule has 1 aromatic heterocycles. The van der Waals surface area contributed by atoms with Crippen LogP contribution in [0.2, 0.25) is 0 Å². The van der Waals surface area contributed by atoms with Crippen LogP contribution in [0.3, 0.4) is 0 Å². The molecule has 1 heteroatoms. The molecular formula is C13H22O. The number of hydrogen-bond acceptors (Lipinski definition) is 1. The lowest BCUT2D eigenvalue weighted by Gasteiger charge is -2.09. The molecule has 14 heavy (non-hydrogen) atoms. The normalized spacial score (nSPS) is 13.1. The summed E-state index contributed by atoms with van der Waals surface area (Å²) in [5.74, 6) is 1.80. The number of unbranched alkanes of at least 4 members (excludes halogenated alkanes) is 1. The molecule has 1 rings (SSSR count). The molecule has 1 atom stereocenters. The lowest BCUT2D eigenvalue weighted by atomic mass is 9.96. The van der Waals surface area contributed by atoms with Gasteiger partial charge in [-0.2, -0.15) is 0 Å². The van der Waals surface area contributed by atoms with E-state index in [-0.39, 0.29) is 0 Å². The van der Waals surface area contributed by atoms with Gasteiger partial charge in [-0.1, -0.05) is 33.6 Å². The van der Waals surface area contributed by atoms with Gasteiger partial charge in [0.05, 0.1) is 6.26 Å². The minimum absolute atomic E-state index is 0.582. The molecule has 0 amide bonds. The third-order valence-electron chi connectivity index (χ3n) is 2.93. The predicted molar refractivity (Wildman–Crippen MR) is 60.8 cm³/mol. The zero-order valence-corrected chi connectivity index (χ0v) is 9.89. The second-order valence-corrected chi connectivity index (χ2v) is 4.16. The molecule has 1 aromatic rings. The van der Waals surface area contributed by atoms with Gasteiger partial charge in [0.25, 0.3) is 0 Å². The summed E-state index contributed by atoms with van der Waals surface area (Å²) in [6.07, 6.45) is 6.80. The molecular weight excluding hydrogens is 172 g/mol. The number of furan rings is 1. The smallest absolute Gasteiger partial charge is 0.110 e. The largest absolute Gasteiger partial charge is 0.468 e. The van der Waals surface area contributed by atoms with Gasteiger partial charge >= 0.3 is 0 Å². The van der Waals surface area contributed by atoms with Gasteiger partial charge in [-0.15, -0.1) is 0 Å². The molecule has 0 fully saturated rings. The van der Waals surface area contributed by atoms with E-state index in [2.05, 4.69) is 27.7 Å². The minimum Gasteiger partial charge on any atom is -0.468 e. The number of hydrogen-bond donors (Lipinski definition) is 0. The molecule has 0 aliphatic rings. The SMILES string of the molecule is CCCCC(C)c1occ(C)c1CC. The van der Waals surface area contributed by atoms with Gasteiger partial charge in [-0.05, 0) is 30.9 Å². The molecule has 80 valence electrons. The van der Waals surface area contributed by atoms with Crippen molar-refractivity contribution >= 4 is 0 Å². The first-order valence-corrected chi connectivity index (χ1v) is 5.77. The van der Waals surface area contributed by atoms with Gasteiger partial charge in [0.2, 0.25) is 0 Å². The van der Waals surface area contributed by atoms with Crippen molar-refractivity contribution in [2.75, 3.05) is 0 Å². The maximum Gasteiger partial charge on any atom is 0.110 e. The second kappa shape index (κ2) is 5.23. The standard InChI is InChI=1S/C13H22O/c1-5-7-8-10(3)13-12(6-2)11(4)9-14-13/h9-10H,5-8H2,1-4H3. The van der Waals surface area contributed by atoms with Crippen LogP contribution in [0.15, 0.2) is 10.7 Å². The van der Waals surface area contributed by atoms with E-state index in [1.54, 1.807) is 0 Å². The van der Waals surface area contributed by atoms with Gasteiger partial charge < -0.3 is 4.42 Å². The van der Waals surface area contributed by atoms with Crippen molar-refractivity contribution in [3.05, 3.63) is 23.2 Å². The Morgan fingerprint density at radius 2 is 2.07 bits per heavy atom. The zero-order chi connectivity index (χ0) is 10.6. The van der Waals surface area contributed by atoms with E-state index in [0.717, 1.165) is 6.42 Å². The zero-order valence-electron chi connectivity index (χ0n) is 9.89. The van der Waals surface area contributed by atoms with Crippen LogP contribution in [0.25, 0.3) is 0 Å². The summed E-state index contributed by atoms with van der Waals surface area (Å²) in [4.78, 5) is 0. The van der Waals surface area contributed by atoms with Crippen molar-refractivity contribution in [2.45, 2.75) is 59.3 Å². The Labute approximate surface area is 87.5 Å². The lowest BCUT2D eigenvalue weighted by molar-refractivity contribution is 0.449. The molecule has 0 aliphatic heterocycles. The maximum absolute atomic E-state index is 5.65. The highest BCUT2D eigenvalue weighted by atomic mass is 16.3. The van der Waals surface area contributed by atoms with Crippen LogP contribution in [0.5, 0.6) is 0 Å². The van der Waals surface area contributed by atoms with Crippen molar-refractivity contribution < 1.29 is 4.42 Å². The first-order chi connectivity index (χ1) is 6.70. The molecule has 0 aromatic carbocycles. The third kappa shape index (κ3) is 2.40. The first-order valence-electron chi connectivity index (χ1n) is 5.77. The van der Waals surface area contributed by atoms with Crippen LogP contribution in [-0.2, 0) is 6.42 Å². The van der Waals surface area contributed by atoms with E-state index in [1.807, 2.05) is 6.26 Å². The Morgan fingerprint density at radius 1 is 1.36 bits per heavy atom. The van der Waals surface area contributed by atoms with Crippen molar-refractivity contribution in [3.8, 4) is 0 Å². The van der Waals surface area contributed by atoms with Crippen LogP contribution in [-0.4, -0.2) is 0 Å². The van der Waals surface area contributed by atoms with Gasteiger partial charge in [0.15, 0.2) is 0 Å². The fourth-order valence-corrected chi connectivity index (χ4v) is 2.00. The van der Waals surface area contributed by atoms with Gasteiger partial charge in [-0.25, -0.2) is 0 Å². The van der Waals surface area contributed by atoms with E-state index >= 15 is 0 Å². The number of aryl methyl sites for hydroxylation is 1. The molecule has 0 spiro atoms. The molecule has 0 aliphatic carbocycles. The average Bonchev–Trinajstić information content (AvgIpc) is 2.55. The summed E-state index contributed by atoms with van der Waals surface area (Å²) < 4.78 is 5.65. The van der Waals surface area contributed by atoms with Crippen LogP contribution < -0.4 is 0 Å². The summed E-state index contributed by atoms with van der Waals surface area (Å²) in [5.41, 5.74) is 2.74. The molecule has 1 heterocycles. The third-order valence-corrected chi connectivity index (χ3v) is 2.93. The van der Waals surface area contributed by atoms with E-state index in [1.165, 1.54) is 36.1 Å². The quantitative estimate of drug-likeness (QED) is 0.675. The topological polar surface area (TPSA) is 13.1 Å².